The molecule has 1 aliphatic heterocycles. The SMILES string of the molecule is CN1C[C@@H](NC(=O)Cn2nc3ccccc3n2)C[C@H]1C(=O)O. The molecule has 8 nitrogen and oxygen atoms in total. The van der Waals surface area contributed by atoms with Gasteiger partial charge in [0.15, 0.2) is 0 Å². The zero-order chi connectivity index (χ0) is 15.7. The van der Waals surface area contributed by atoms with E-state index in [9.17, 15) is 9.59 Å². The van der Waals surface area contributed by atoms with Gasteiger partial charge in [0.2, 0.25) is 5.91 Å². The number of hydrogen-bond donors (Lipinski definition) is 2. The molecule has 0 radical (unpaired) electrons. The van der Waals surface area contributed by atoms with E-state index in [4.69, 9.17) is 5.11 Å². The first-order valence-corrected chi connectivity index (χ1v) is 7.05. The lowest BCUT2D eigenvalue weighted by atomic mass is 10.2. The fraction of sp³-hybridized carbons (Fsp3) is 0.429. The molecule has 2 atom stereocenters. The molecule has 1 amide bonds. The molecule has 0 unspecified atom stereocenters. The van der Waals surface area contributed by atoms with Crippen molar-refractivity contribution in [3.63, 3.8) is 0 Å². The highest BCUT2D eigenvalue weighted by molar-refractivity contribution is 5.78. The summed E-state index contributed by atoms with van der Waals surface area (Å²) in [6.07, 6.45) is 0.409. The van der Waals surface area contributed by atoms with Crippen LogP contribution < -0.4 is 5.32 Å². The molecule has 116 valence electrons. The Morgan fingerprint density at radius 1 is 1.32 bits per heavy atom. The first-order valence-electron chi connectivity index (χ1n) is 7.05. The van der Waals surface area contributed by atoms with E-state index in [2.05, 4.69) is 15.5 Å². The van der Waals surface area contributed by atoms with Crippen LogP contribution in [0.3, 0.4) is 0 Å². The summed E-state index contributed by atoms with van der Waals surface area (Å²) in [5.74, 6) is -1.08. The van der Waals surface area contributed by atoms with E-state index < -0.39 is 12.0 Å². The second-order valence-corrected chi connectivity index (χ2v) is 5.51. The number of carbonyl (C=O) groups excluding carboxylic acids is 1. The lowest BCUT2D eigenvalue weighted by molar-refractivity contribution is -0.141. The fourth-order valence-electron chi connectivity index (χ4n) is 2.77. The van der Waals surface area contributed by atoms with Crippen LogP contribution in [0.4, 0.5) is 0 Å². The number of benzene rings is 1. The molecule has 3 rings (SSSR count). The van der Waals surface area contributed by atoms with Crippen LogP contribution in [0.2, 0.25) is 0 Å². The maximum Gasteiger partial charge on any atom is 0.320 e. The molecule has 1 aromatic heterocycles. The predicted octanol–water partition coefficient (Wildman–Crippen LogP) is -0.295. The van der Waals surface area contributed by atoms with E-state index in [-0.39, 0.29) is 18.5 Å². The Morgan fingerprint density at radius 2 is 1.95 bits per heavy atom. The van der Waals surface area contributed by atoms with Gasteiger partial charge in [-0.1, -0.05) is 12.1 Å². The van der Waals surface area contributed by atoms with Gasteiger partial charge in [-0.05, 0) is 25.6 Å². The zero-order valence-corrected chi connectivity index (χ0v) is 12.1. The topological polar surface area (TPSA) is 100 Å². The Morgan fingerprint density at radius 3 is 2.50 bits per heavy atom. The smallest absolute Gasteiger partial charge is 0.320 e. The van der Waals surface area contributed by atoms with Crippen LogP contribution in [0.5, 0.6) is 0 Å². The number of carbonyl (C=O) groups is 2. The van der Waals surface area contributed by atoms with Crippen LogP contribution >= 0.6 is 0 Å². The zero-order valence-electron chi connectivity index (χ0n) is 12.1. The number of rotatable bonds is 4. The molecule has 0 aliphatic carbocycles. The number of aliphatic carboxylic acids is 1. The van der Waals surface area contributed by atoms with E-state index in [1.165, 1.54) is 4.80 Å². The molecule has 1 aliphatic rings. The Balaban J connectivity index is 1.60. The highest BCUT2D eigenvalue weighted by Gasteiger charge is 2.35. The van der Waals surface area contributed by atoms with Gasteiger partial charge in [-0.2, -0.15) is 15.0 Å². The molecule has 2 aromatic rings. The van der Waals surface area contributed by atoms with Crippen molar-refractivity contribution in [2.24, 2.45) is 0 Å². The van der Waals surface area contributed by atoms with Gasteiger partial charge in [0.25, 0.3) is 0 Å². The molecule has 0 saturated carbocycles. The van der Waals surface area contributed by atoms with Crippen molar-refractivity contribution in [1.29, 1.82) is 0 Å². The van der Waals surface area contributed by atoms with Crippen LogP contribution in [0.1, 0.15) is 6.42 Å². The van der Waals surface area contributed by atoms with E-state index in [0.717, 1.165) is 11.0 Å². The standard InChI is InChI=1S/C14H17N5O3/c1-18-7-9(6-12(18)14(21)22)15-13(20)8-19-16-10-4-2-3-5-11(10)17-19/h2-5,9,12H,6-8H2,1H3,(H,15,20)(H,21,22)/t9-,12-/m0/s1. The Labute approximate surface area is 126 Å². The lowest BCUT2D eigenvalue weighted by Gasteiger charge is -2.13. The summed E-state index contributed by atoms with van der Waals surface area (Å²) in [7, 11) is 1.74. The van der Waals surface area contributed by atoms with Gasteiger partial charge in [-0.3, -0.25) is 14.5 Å². The third kappa shape index (κ3) is 2.91. The molecule has 0 spiro atoms. The van der Waals surface area contributed by atoms with Crippen LogP contribution in [0.15, 0.2) is 24.3 Å². The number of aromatic nitrogens is 3. The molecule has 2 heterocycles. The Bertz CT molecular complexity index is 680. The van der Waals surface area contributed by atoms with Gasteiger partial charge in [0.05, 0.1) is 0 Å². The van der Waals surface area contributed by atoms with Crippen molar-refractivity contribution < 1.29 is 14.7 Å². The minimum Gasteiger partial charge on any atom is -0.480 e. The molecule has 1 aromatic carbocycles. The minimum atomic E-state index is -0.862. The quantitative estimate of drug-likeness (QED) is 0.804. The minimum absolute atomic E-state index is 0.0205. The molecule has 22 heavy (non-hydrogen) atoms. The number of hydrogen-bond acceptors (Lipinski definition) is 5. The van der Waals surface area contributed by atoms with Crippen molar-refractivity contribution in [2.75, 3.05) is 13.6 Å². The number of likely N-dealkylation sites (tertiary alicyclic amines) is 1. The van der Waals surface area contributed by atoms with Gasteiger partial charge in [-0.15, -0.1) is 0 Å². The van der Waals surface area contributed by atoms with Gasteiger partial charge >= 0.3 is 5.97 Å². The molecular weight excluding hydrogens is 286 g/mol. The van der Waals surface area contributed by atoms with Gasteiger partial charge in [0.1, 0.15) is 23.6 Å². The summed E-state index contributed by atoms with van der Waals surface area (Å²) in [5.41, 5.74) is 1.48. The van der Waals surface area contributed by atoms with Crippen LogP contribution in [0.25, 0.3) is 11.0 Å². The summed E-state index contributed by atoms with van der Waals surface area (Å²) in [6.45, 7) is 0.545. The van der Waals surface area contributed by atoms with Crippen LogP contribution in [-0.2, 0) is 16.1 Å². The van der Waals surface area contributed by atoms with E-state index >= 15 is 0 Å². The molecule has 0 bridgehead atoms. The van der Waals surface area contributed by atoms with Gasteiger partial charge < -0.3 is 10.4 Å². The monoisotopic (exact) mass is 303 g/mol. The second-order valence-electron chi connectivity index (χ2n) is 5.51. The summed E-state index contributed by atoms with van der Waals surface area (Å²) in [5, 5.41) is 20.4. The normalized spacial score (nSPS) is 22.0. The van der Waals surface area contributed by atoms with Gasteiger partial charge in [-0.25, -0.2) is 0 Å². The summed E-state index contributed by atoms with van der Waals surface area (Å²) < 4.78 is 0. The first kappa shape index (κ1) is 14.5. The number of nitrogens with one attached hydrogen (secondary N) is 1. The number of nitrogens with zero attached hydrogens (tertiary/aromatic N) is 4. The highest BCUT2D eigenvalue weighted by atomic mass is 16.4. The number of fused-ring (bicyclic) bond motifs is 1. The van der Waals surface area contributed by atoms with Crippen molar-refractivity contribution in [3.8, 4) is 0 Å². The van der Waals surface area contributed by atoms with Crippen molar-refractivity contribution >= 4 is 22.9 Å². The largest absolute Gasteiger partial charge is 0.480 e. The molecule has 1 fully saturated rings. The molecular formula is C14H17N5O3. The van der Waals surface area contributed by atoms with Crippen LogP contribution in [-0.4, -0.2) is 62.6 Å². The predicted molar refractivity (Wildman–Crippen MR) is 78.1 cm³/mol. The highest BCUT2D eigenvalue weighted by Crippen LogP contribution is 2.16. The van der Waals surface area contributed by atoms with E-state index in [0.29, 0.717) is 13.0 Å². The van der Waals surface area contributed by atoms with Crippen LogP contribution in [0, 0.1) is 0 Å². The molecule has 1 saturated heterocycles. The summed E-state index contributed by atoms with van der Waals surface area (Å²) in [6, 6.07) is 6.68. The third-order valence-corrected chi connectivity index (χ3v) is 3.81. The molecule has 8 heteroatoms. The van der Waals surface area contributed by atoms with Gasteiger partial charge in [0, 0.05) is 12.6 Å². The summed E-state index contributed by atoms with van der Waals surface area (Å²) in [4.78, 5) is 26.2. The number of likely N-dealkylation sites (N-methyl/N-ethyl adjacent to an activating group) is 1. The van der Waals surface area contributed by atoms with E-state index in [1.54, 1.807) is 11.9 Å². The van der Waals surface area contributed by atoms with Crippen molar-refractivity contribution in [3.05, 3.63) is 24.3 Å². The second kappa shape index (κ2) is 5.72. The number of amides is 1. The summed E-state index contributed by atoms with van der Waals surface area (Å²) >= 11 is 0. The first-order chi connectivity index (χ1) is 10.5. The average molecular weight is 303 g/mol. The Hall–Kier alpha value is -2.48. The molecule has 2 N–H and O–H groups in total. The fourth-order valence-corrected chi connectivity index (χ4v) is 2.77. The van der Waals surface area contributed by atoms with Crippen molar-refractivity contribution in [2.45, 2.75) is 25.0 Å². The lowest BCUT2D eigenvalue weighted by Crippen LogP contribution is -2.38. The number of carboxylic acids is 1. The Kier molecular flexibility index (Phi) is 3.76. The number of carboxylic acid groups (broad SMARTS) is 1. The van der Waals surface area contributed by atoms with E-state index in [1.807, 2.05) is 24.3 Å². The maximum absolute atomic E-state index is 12.1. The third-order valence-electron chi connectivity index (χ3n) is 3.81. The van der Waals surface area contributed by atoms with Crippen molar-refractivity contribution in [1.82, 2.24) is 25.2 Å². The maximum atomic E-state index is 12.1. The average Bonchev–Trinajstić information content (AvgIpc) is 3.01.